The van der Waals surface area contributed by atoms with Crippen LogP contribution in [0.25, 0.3) is 0 Å². The molecule has 1 fully saturated rings. The summed E-state index contributed by atoms with van der Waals surface area (Å²) in [5.74, 6) is 7.19. The molecule has 1 saturated carbocycles. The van der Waals surface area contributed by atoms with Crippen LogP contribution < -0.4 is 11.3 Å². The predicted molar refractivity (Wildman–Crippen MR) is 61.7 cm³/mol. The summed E-state index contributed by atoms with van der Waals surface area (Å²) < 4.78 is 0. The Labute approximate surface area is 88.6 Å². The maximum atomic E-state index is 5.62. The lowest BCUT2D eigenvalue weighted by Crippen LogP contribution is -2.45. The molecule has 0 aromatic rings. The van der Waals surface area contributed by atoms with E-state index in [1.54, 1.807) is 0 Å². The van der Waals surface area contributed by atoms with Crippen molar-refractivity contribution in [2.45, 2.75) is 59.4 Å². The average Bonchev–Trinajstić information content (AvgIpc) is 1.97. The third kappa shape index (κ3) is 2.96. The van der Waals surface area contributed by atoms with Crippen LogP contribution in [0.3, 0.4) is 0 Å². The van der Waals surface area contributed by atoms with E-state index in [1.165, 1.54) is 25.7 Å². The molecule has 0 saturated heterocycles. The lowest BCUT2D eigenvalue weighted by atomic mass is 9.72. The Bertz CT molecular complexity index is 168. The minimum Gasteiger partial charge on any atom is -0.271 e. The van der Waals surface area contributed by atoms with Gasteiger partial charge < -0.3 is 0 Å². The fourth-order valence-electron chi connectivity index (χ4n) is 1.97. The maximum Gasteiger partial charge on any atom is 0.0241 e. The van der Waals surface area contributed by atoms with Gasteiger partial charge in [0.15, 0.2) is 0 Å². The number of hydrogen-bond acceptors (Lipinski definition) is 2. The van der Waals surface area contributed by atoms with Crippen LogP contribution in [0.15, 0.2) is 0 Å². The molecular weight excluding hydrogens is 172 g/mol. The predicted octanol–water partition coefficient (Wildman–Crippen LogP) is 2.69. The van der Waals surface area contributed by atoms with Gasteiger partial charge in [0.05, 0.1) is 0 Å². The van der Waals surface area contributed by atoms with E-state index < -0.39 is 0 Å². The molecule has 84 valence electrons. The van der Waals surface area contributed by atoms with Crippen molar-refractivity contribution in [1.29, 1.82) is 0 Å². The van der Waals surface area contributed by atoms with Crippen molar-refractivity contribution in [2.75, 3.05) is 0 Å². The summed E-state index contributed by atoms with van der Waals surface area (Å²) in [6.45, 7) is 9.27. The third-order valence-corrected chi connectivity index (χ3v) is 4.02. The molecule has 1 aliphatic rings. The van der Waals surface area contributed by atoms with Crippen molar-refractivity contribution >= 4 is 0 Å². The number of nitrogens with two attached hydrogens (primary N) is 1. The fourth-order valence-corrected chi connectivity index (χ4v) is 1.97. The Balaban J connectivity index is 2.39. The minimum absolute atomic E-state index is 0.402. The van der Waals surface area contributed by atoms with Crippen LogP contribution in [0, 0.1) is 17.3 Å². The lowest BCUT2D eigenvalue weighted by molar-refractivity contribution is 0.158. The molecule has 0 heterocycles. The summed E-state index contributed by atoms with van der Waals surface area (Å²) in [5, 5.41) is 0. The highest BCUT2D eigenvalue weighted by molar-refractivity contribution is 4.84. The van der Waals surface area contributed by atoms with Gasteiger partial charge in [0.1, 0.15) is 0 Å². The van der Waals surface area contributed by atoms with E-state index >= 15 is 0 Å². The number of hydrogen-bond donors (Lipinski definition) is 2. The molecule has 0 radical (unpaired) electrons. The van der Waals surface area contributed by atoms with Gasteiger partial charge in [0, 0.05) is 6.04 Å². The molecule has 3 N–H and O–H groups in total. The molecular formula is C12H26N2. The fraction of sp³-hybridized carbons (Fsp3) is 1.00. The van der Waals surface area contributed by atoms with Gasteiger partial charge in [-0.15, -0.1) is 0 Å². The Kier molecular flexibility index (Phi) is 3.96. The van der Waals surface area contributed by atoms with Gasteiger partial charge in [0.2, 0.25) is 0 Å². The van der Waals surface area contributed by atoms with Gasteiger partial charge in [-0.25, -0.2) is 0 Å². The largest absolute Gasteiger partial charge is 0.271 e. The molecule has 0 bridgehead atoms. The van der Waals surface area contributed by atoms with Crippen molar-refractivity contribution < 1.29 is 0 Å². The lowest BCUT2D eigenvalue weighted by Gasteiger charge is -2.37. The topological polar surface area (TPSA) is 38.0 Å². The smallest absolute Gasteiger partial charge is 0.0241 e. The van der Waals surface area contributed by atoms with E-state index in [2.05, 4.69) is 33.1 Å². The van der Waals surface area contributed by atoms with E-state index in [0.717, 1.165) is 11.8 Å². The van der Waals surface area contributed by atoms with E-state index in [0.29, 0.717) is 11.5 Å². The highest BCUT2D eigenvalue weighted by Gasteiger charge is 2.30. The second-order valence-corrected chi connectivity index (χ2v) is 5.97. The van der Waals surface area contributed by atoms with Gasteiger partial charge in [0.25, 0.3) is 0 Å². The molecule has 0 aromatic carbocycles. The van der Waals surface area contributed by atoms with Crippen molar-refractivity contribution in [3.8, 4) is 0 Å². The number of rotatable bonds is 4. The molecule has 1 aliphatic carbocycles. The summed E-state index contributed by atoms with van der Waals surface area (Å²) in [4.78, 5) is 0. The van der Waals surface area contributed by atoms with E-state index in [1.807, 2.05) is 0 Å². The van der Waals surface area contributed by atoms with Gasteiger partial charge >= 0.3 is 0 Å². The maximum absolute atomic E-state index is 5.62. The van der Waals surface area contributed by atoms with Crippen LogP contribution >= 0.6 is 0 Å². The molecule has 2 unspecified atom stereocenters. The van der Waals surface area contributed by atoms with E-state index in [4.69, 9.17) is 5.84 Å². The standard InChI is InChI=1S/C12H26N2/c1-9(12(2,3)4)8-11(14-13)10-6-5-7-10/h9-11,14H,5-8,13H2,1-4H3. The summed E-state index contributed by atoms with van der Waals surface area (Å²) in [6, 6.07) is 0.540. The zero-order valence-electron chi connectivity index (χ0n) is 10.1. The highest BCUT2D eigenvalue weighted by atomic mass is 15.2. The molecule has 0 aliphatic heterocycles. The van der Waals surface area contributed by atoms with Crippen molar-refractivity contribution in [2.24, 2.45) is 23.1 Å². The third-order valence-electron chi connectivity index (χ3n) is 4.02. The van der Waals surface area contributed by atoms with Crippen molar-refractivity contribution in [1.82, 2.24) is 5.43 Å². The van der Waals surface area contributed by atoms with Gasteiger partial charge in [-0.2, -0.15) is 0 Å². The molecule has 2 nitrogen and oxygen atoms in total. The zero-order chi connectivity index (χ0) is 10.8. The summed E-state index contributed by atoms with van der Waals surface area (Å²) in [6.07, 6.45) is 5.34. The monoisotopic (exact) mass is 198 g/mol. The molecule has 1 rings (SSSR count). The first kappa shape index (κ1) is 12.0. The average molecular weight is 198 g/mol. The highest BCUT2D eigenvalue weighted by Crippen LogP contribution is 2.36. The first-order valence-electron chi connectivity index (χ1n) is 5.91. The summed E-state index contributed by atoms with van der Waals surface area (Å²) >= 11 is 0. The second kappa shape index (κ2) is 4.63. The van der Waals surface area contributed by atoms with Crippen LogP contribution in [-0.4, -0.2) is 6.04 Å². The molecule has 2 atom stereocenters. The molecule has 0 aromatic heterocycles. The Morgan fingerprint density at radius 1 is 1.36 bits per heavy atom. The molecule has 0 spiro atoms. The van der Waals surface area contributed by atoms with Crippen molar-refractivity contribution in [3.63, 3.8) is 0 Å². The normalized spacial score (nSPS) is 22.9. The minimum atomic E-state index is 0.402. The Hall–Kier alpha value is -0.0800. The SMILES string of the molecule is CC(CC(NN)C1CCC1)C(C)(C)C. The summed E-state index contributed by atoms with van der Waals surface area (Å²) in [7, 11) is 0. The van der Waals surface area contributed by atoms with Crippen LogP contribution in [0.5, 0.6) is 0 Å². The van der Waals surface area contributed by atoms with Gasteiger partial charge in [-0.3, -0.25) is 11.3 Å². The molecule has 14 heavy (non-hydrogen) atoms. The Morgan fingerprint density at radius 2 is 1.93 bits per heavy atom. The van der Waals surface area contributed by atoms with E-state index in [-0.39, 0.29) is 0 Å². The van der Waals surface area contributed by atoms with E-state index in [9.17, 15) is 0 Å². The van der Waals surface area contributed by atoms with Gasteiger partial charge in [-0.05, 0) is 36.5 Å². The van der Waals surface area contributed by atoms with Crippen LogP contribution in [0.1, 0.15) is 53.4 Å². The van der Waals surface area contributed by atoms with Crippen LogP contribution in [-0.2, 0) is 0 Å². The summed E-state index contributed by atoms with van der Waals surface area (Å²) in [5.41, 5.74) is 3.41. The van der Waals surface area contributed by atoms with Crippen molar-refractivity contribution in [3.05, 3.63) is 0 Å². The quantitative estimate of drug-likeness (QED) is 0.538. The van der Waals surface area contributed by atoms with Crippen LogP contribution in [0.2, 0.25) is 0 Å². The first-order chi connectivity index (χ1) is 6.45. The second-order valence-electron chi connectivity index (χ2n) is 5.97. The zero-order valence-corrected chi connectivity index (χ0v) is 10.1. The molecule has 0 amide bonds. The first-order valence-corrected chi connectivity index (χ1v) is 5.91. The number of nitrogens with one attached hydrogen (secondary N) is 1. The Morgan fingerprint density at radius 3 is 2.21 bits per heavy atom. The van der Waals surface area contributed by atoms with Gasteiger partial charge in [-0.1, -0.05) is 34.1 Å². The number of hydrazine groups is 1. The van der Waals surface area contributed by atoms with Crippen LogP contribution in [0.4, 0.5) is 0 Å². The molecule has 2 heteroatoms.